The third-order valence-corrected chi connectivity index (χ3v) is 6.36. The molecule has 7 nitrogen and oxygen atoms in total. The van der Waals surface area contributed by atoms with Crippen LogP contribution in [-0.4, -0.2) is 34.9 Å². The molecule has 0 aliphatic heterocycles. The number of hydrogen-bond donors (Lipinski definition) is 1. The summed E-state index contributed by atoms with van der Waals surface area (Å²) in [5, 5.41) is 13.0. The van der Waals surface area contributed by atoms with Crippen molar-refractivity contribution in [1.82, 2.24) is 20.1 Å². The van der Waals surface area contributed by atoms with Gasteiger partial charge in [-0.05, 0) is 41.5 Å². The number of rotatable bonds is 9. The van der Waals surface area contributed by atoms with Crippen LogP contribution in [0.5, 0.6) is 11.5 Å². The Labute approximate surface area is 200 Å². The van der Waals surface area contributed by atoms with Gasteiger partial charge in [-0.25, -0.2) is 0 Å². The number of thioether (sulfide) groups is 1. The summed E-state index contributed by atoms with van der Waals surface area (Å²) in [7, 11) is 5.00. The molecule has 0 radical (unpaired) electrons. The molecule has 1 aromatic heterocycles. The molecule has 0 bridgehead atoms. The fourth-order valence-electron chi connectivity index (χ4n) is 2.76. The lowest BCUT2D eigenvalue weighted by atomic mass is 10.2. The topological polar surface area (TPSA) is 78.3 Å². The van der Waals surface area contributed by atoms with Crippen molar-refractivity contribution in [2.24, 2.45) is 7.05 Å². The number of amides is 1. The summed E-state index contributed by atoms with van der Waals surface area (Å²) >= 11 is 13.5. The van der Waals surface area contributed by atoms with E-state index in [4.69, 9.17) is 32.7 Å². The summed E-state index contributed by atoms with van der Waals surface area (Å²) in [5.74, 6) is 2.30. The molecule has 0 aliphatic rings. The number of nitrogens with zero attached hydrogens (tertiary/aromatic N) is 3. The van der Waals surface area contributed by atoms with Crippen LogP contribution in [0.1, 0.15) is 17.0 Å². The normalized spacial score (nSPS) is 11.0. The minimum atomic E-state index is -0.243. The Morgan fingerprint density at radius 2 is 1.88 bits per heavy atom. The van der Waals surface area contributed by atoms with Gasteiger partial charge in [-0.2, -0.15) is 0 Å². The van der Waals surface area contributed by atoms with E-state index in [1.165, 1.54) is 17.8 Å². The Hall–Kier alpha value is -2.68. The maximum absolute atomic E-state index is 12.2. The van der Waals surface area contributed by atoms with Gasteiger partial charge in [0.1, 0.15) is 0 Å². The monoisotopic (exact) mass is 492 g/mol. The van der Waals surface area contributed by atoms with Gasteiger partial charge in [0.2, 0.25) is 5.91 Å². The molecule has 0 atom stereocenters. The van der Waals surface area contributed by atoms with Gasteiger partial charge in [0, 0.05) is 18.9 Å². The minimum absolute atomic E-state index is 0.243. The van der Waals surface area contributed by atoms with Crippen LogP contribution in [0, 0.1) is 0 Å². The first-order chi connectivity index (χ1) is 15.4. The van der Waals surface area contributed by atoms with Gasteiger partial charge in [-0.1, -0.05) is 47.1 Å². The summed E-state index contributed by atoms with van der Waals surface area (Å²) in [4.78, 5) is 12.2. The molecule has 1 amide bonds. The molecule has 0 fully saturated rings. The molecule has 10 heteroatoms. The van der Waals surface area contributed by atoms with E-state index in [1.807, 2.05) is 29.8 Å². The average molecular weight is 493 g/mol. The van der Waals surface area contributed by atoms with Crippen molar-refractivity contribution in [3.05, 3.63) is 69.5 Å². The van der Waals surface area contributed by atoms with Crippen LogP contribution in [0.2, 0.25) is 10.0 Å². The number of halogens is 2. The number of carbonyl (C=O) groups excluding carboxylic acids is 1. The van der Waals surface area contributed by atoms with Crippen molar-refractivity contribution in [1.29, 1.82) is 0 Å². The number of ether oxygens (including phenoxy) is 2. The molecule has 168 valence electrons. The second kappa shape index (κ2) is 11.3. The zero-order chi connectivity index (χ0) is 23.1. The van der Waals surface area contributed by atoms with Crippen LogP contribution >= 0.6 is 35.0 Å². The van der Waals surface area contributed by atoms with Gasteiger partial charge in [0.15, 0.2) is 22.5 Å². The lowest BCUT2D eigenvalue weighted by Crippen LogP contribution is -2.22. The van der Waals surface area contributed by atoms with Crippen molar-refractivity contribution < 1.29 is 14.3 Å². The molecule has 0 unspecified atom stereocenters. The Morgan fingerprint density at radius 1 is 1.09 bits per heavy atom. The molecule has 32 heavy (non-hydrogen) atoms. The summed E-state index contributed by atoms with van der Waals surface area (Å²) in [6, 6.07) is 10.9. The zero-order valence-corrected chi connectivity index (χ0v) is 20.1. The van der Waals surface area contributed by atoms with Gasteiger partial charge >= 0.3 is 0 Å². The largest absolute Gasteiger partial charge is 0.493 e. The molecule has 0 aliphatic carbocycles. The number of carbonyl (C=O) groups is 1. The number of methoxy groups -OCH3 is 2. The molecule has 1 heterocycles. The number of hydrogen-bond acceptors (Lipinski definition) is 6. The van der Waals surface area contributed by atoms with Crippen molar-refractivity contribution >= 4 is 46.9 Å². The molecule has 2 aromatic carbocycles. The van der Waals surface area contributed by atoms with Crippen LogP contribution in [0.25, 0.3) is 6.08 Å². The fourth-order valence-corrected chi connectivity index (χ4v) is 3.95. The molecule has 0 spiro atoms. The molecular weight excluding hydrogens is 471 g/mol. The van der Waals surface area contributed by atoms with E-state index in [0.29, 0.717) is 33.1 Å². The van der Waals surface area contributed by atoms with Crippen LogP contribution < -0.4 is 14.8 Å². The minimum Gasteiger partial charge on any atom is -0.493 e. The predicted octanol–water partition coefficient (Wildman–Crippen LogP) is 4.76. The highest BCUT2D eigenvalue weighted by Crippen LogP contribution is 2.28. The molecule has 3 aromatic rings. The first kappa shape index (κ1) is 24.0. The number of nitrogens with one attached hydrogen (secondary N) is 1. The molecule has 3 rings (SSSR count). The molecule has 0 saturated heterocycles. The lowest BCUT2D eigenvalue weighted by molar-refractivity contribution is -0.116. The van der Waals surface area contributed by atoms with E-state index in [0.717, 1.165) is 16.3 Å². The standard InChI is InChI=1S/C22H22Cl2N4O3S/c1-28-20(26-27-22(28)32-13-15-4-7-16(23)17(24)10-15)12-25-21(29)9-6-14-5-8-18(30-2)19(11-14)31-3/h4-11H,12-13H2,1-3H3,(H,25,29)/b9-6+. The van der Waals surface area contributed by atoms with Gasteiger partial charge < -0.3 is 19.4 Å². The smallest absolute Gasteiger partial charge is 0.244 e. The van der Waals surface area contributed by atoms with E-state index in [2.05, 4.69) is 15.5 Å². The van der Waals surface area contributed by atoms with E-state index >= 15 is 0 Å². The second-order valence-electron chi connectivity index (χ2n) is 6.66. The van der Waals surface area contributed by atoms with E-state index in [-0.39, 0.29) is 12.5 Å². The van der Waals surface area contributed by atoms with Crippen molar-refractivity contribution in [2.45, 2.75) is 17.5 Å². The zero-order valence-electron chi connectivity index (χ0n) is 17.8. The van der Waals surface area contributed by atoms with Crippen LogP contribution in [-0.2, 0) is 24.1 Å². The quantitative estimate of drug-likeness (QED) is 0.342. The highest BCUT2D eigenvalue weighted by atomic mass is 35.5. The van der Waals surface area contributed by atoms with Crippen LogP contribution in [0.4, 0.5) is 0 Å². The second-order valence-corrected chi connectivity index (χ2v) is 8.42. The fraction of sp³-hybridized carbons (Fsp3) is 0.227. The predicted molar refractivity (Wildman–Crippen MR) is 127 cm³/mol. The van der Waals surface area contributed by atoms with Crippen molar-refractivity contribution in [3.63, 3.8) is 0 Å². The first-order valence-corrected chi connectivity index (χ1v) is 11.3. The van der Waals surface area contributed by atoms with Gasteiger partial charge in [-0.15, -0.1) is 10.2 Å². The van der Waals surface area contributed by atoms with E-state index < -0.39 is 0 Å². The Bertz CT molecular complexity index is 1130. The Morgan fingerprint density at radius 3 is 2.59 bits per heavy atom. The van der Waals surface area contributed by atoms with Gasteiger partial charge in [0.25, 0.3) is 0 Å². The third-order valence-electron chi connectivity index (χ3n) is 4.53. The van der Waals surface area contributed by atoms with E-state index in [1.54, 1.807) is 38.5 Å². The number of aromatic nitrogens is 3. The summed E-state index contributed by atoms with van der Waals surface area (Å²) < 4.78 is 12.3. The highest BCUT2D eigenvalue weighted by molar-refractivity contribution is 7.98. The highest BCUT2D eigenvalue weighted by Gasteiger charge is 2.11. The molecular formula is C22H22Cl2N4O3S. The van der Waals surface area contributed by atoms with E-state index in [9.17, 15) is 4.79 Å². The Balaban J connectivity index is 1.54. The van der Waals surface area contributed by atoms with Crippen molar-refractivity contribution in [2.75, 3.05) is 14.2 Å². The summed E-state index contributed by atoms with van der Waals surface area (Å²) in [5.41, 5.74) is 1.85. The average Bonchev–Trinajstić information content (AvgIpc) is 3.16. The summed E-state index contributed by atoms with van der Waals surface area (Å²) in [6.07, 6.45) is 3.16. The lowest BCUT2D eigenvalue weighted by Gasteiger charge is -2.07. The van der Waals surface area contributed by atoms with Gasteiger partial charge in [-0.3, -0.25) is 4.79 Å². The molecule has 1 N–H and O–H groups in total. The van der Waals surface area contributed by atoms with Crippen molar-refractivity contribution in [3.8, 4) is 11.5 Å². The third kappa shape index (κ3) is 6.18. The maximum atomic E-state index is 12.2. The van der Waals surface area contributed by atoms with Crippen LogP contribution in [0.15, 0.2) is 47.6 Å². The van der Waals surface area contributed by atoms with Gasteiger partial charge in [0.05, 0.1) is 30.8 Å². The van der Waals surface area contributed by atoms with Crippen LogP contribution in [0.3, 0.4) is 0 Å². The summed E-state index contributed by atoms with van der Waals surface area (Å²) in [6.45, 7) is 0.256. The SMILES string of the molecule is COc1ccc(/C=C/C(=O)NCc2nnc(SCc3ccc(Cl)c(Cl)c3)n2C)cc1OC. The first-order valence-electron chi connectivity index (χ1n) is 9.54. The molecule has 0 saturated carbocycles. The number of benzene rings is 2. The Kier molecular flexibility index (Phi) is 8.44. The maximum Gasteiger partial charge on any atom is 0.244 e.